The predicted octanol–water partition coefficient (Wildman–Crippen LogP) is 8.95. The highest BCUT2D eigenvalue weighted by Crippen LogP contribution is 2.40. The van der Waals surface area contributed by atoms with Crippen LogP contribution >= 0.6 is 47.8 Å². The van der Waals surface area contributed by atoms with Gasteiger partial charge in [-0.25, -0.2) is 15.0 Å². The summed E-state index contributed by atoms with van der Waals surface area (Å²) in [6.07, 6.45) is 6.14. The average Bonchev–Trinajstić information content (AvgIpc) is 3.81. The lowest BCUT2D eigenvalue weighted by atomic mass is 9.78. The molecule has 0 atom stereocenters. The molecule has 0 N–H and O–H groups in total. The van der Waals surface area contributed by atoms with Gasteiger partial charge in [0, 0.05) is 74.5 Å². The third-order valence-electron chi connectivity index (χ3n) is 9.00. The largest absolute Gasteiger partial charge is 1.00 e. The van der Waals surface area contributed by atoms with Gasteiger partial charge < -0.3 is 22.8 Å². The highest BCUT2D eigenvalue weighted by atomic mass is 79.9. The molecule has 9 rings (SSSR count). The molecule has 13 heteroatoms. The van der Waals surface area contributed by atoms with Crippen molar-refractivity contribution >= 4 is 105 Å². The number of aromatic nitrogens is 4. The average molecular weight is 926 g/mol. The number of aryl methyl sites for hydroxylation is 2. The van der Waals surface area contributed by atoms with Gasteiger partial charge in [-0.05, 0) is 123 Å². The fourth-order valence-electron chi connectivity index (χ4n) is 5.66. The third-order valence-corrected chi connectivity index (χ3v) is 10.8. The van der Waals surface area contributed by atoms with Crippen LogP contribution in [0.4, 0.5) is 0 Å². The van der Waals surface area contributed by atoms with E-state index in [1.165, 1.54) is 18.5 Å². The van der Waals surface area contributed by atoms with E-state index in [1.807, 2.05) is 76.2 Å². The Balaban J connectivity index is 0.000000179. The van der Waals surface area contributed by atoms with E-state index in [0.717, 1.165) is 47.1 Å². The number of nitrogens with zero attached hydrogens (tertiary/aromatic N) is 4. The highest BCUT2D eigenvalue weighted by molar-refractivity contribution is 9.11. The Labute approximate surface area is 347 Å². The van der Waals surface area contributed by atoms with Crippen LogP contribution in [-0.2, 0) is 9.31 Å². The van der Waals surface area contributed by atoms with Crippen LogP contribution in [0, 0.1) is 13.7 Å². The molecule has 7 heterocycles. The quantitative estimate of drug-likeness (QED) is 0.125. The highest BCUT2D eigenvalue weighted by Gasteiger charge is 2.52. The number of hydrogen-bond acceptors (Lipinski definition) is 8. The molecule has 278 valence electrons. The first-order valence-electron chi connectivity index (χ1n) is 19.1. The standard InChI is InChI=1S/C17H17BBrNO3.C17H11BrN2O.C6H6BrN.CH4.FH/c1-16(2)17(3,4)23-18(22-16)11-7-8-12(19)13-10-6-5-9-20-15(10)21-14(11)13;1-10-4-7-14(20-9-10)11-5-6-13(18)15-12-3-2-8-19-17(12)21-16(11)15;1-5-2-3-6(7)8-4-5;;/h5-9H,1-4H3;2-9H,1H3;2-4H,1H3;1H4;1H/p-1/i;2*1D3;;. The minimum absolute atomic E-state index is 0. The van der Waals surface area contributed by atoms with Gasteiger partial charge in [-0.15, -0.1) is 0 Å². The lowest BCUT2D eigenvalue weighted by molar-refractivity contribution is -0.0000146. The Kier molecular flexibility index (Phi) is 10.1. The maximum Gasteiger partial charge on any atom is 0.498 e. The van der Waals surface area contributed by atoms with Gasteiger partial charge in [0.15, 0.2) is 0 Å². The van der Waals surface area contributed by atoms with Crippen molar-refractivity contribution in [3.8, 4) is 11.3 Å². The number of pyridine rings is 4. The molecular weight excluding hydrogens is 882 g/mol. The van der Waals surface area contributed by atoms with Crippen LogP contribution < -0.4 is 10.2 Å². The number of furan rings is 2. The molecule has 54 heavy (non-hydrogen) atoms. The van der Waals surface area contributed by atoms with E-state index < -0.39 is 20.8 Å². The summed E-state index contributed by atoms with van der Waals surface area (Å²) in [5, 5.41) is 3.82. The van der Waals surface area contributed by atoms with E-state index in [9.17, 15) is 0 Å². The topological polar surface area (TPSA) is 96.3 Å². The van der Waals surface area contributed by atoms with Gasteiger partial charge >= 0.3 is 7.12 Å². The fraction of sp³-hybridized carbons (Fsp3) is 0.220. The minimum Gasteiger partial charge on any atom is -1.00 e. The Morgan fingerprint density at radius 1 is 0.630 bits per heavy atom. The Hall–Kier alpha value is -4.01. The van der Waals surface area contributed by atoms with Crippen molar-refractivity contribution in [2.24, 2.45) is 0 Å². The van der Waals surface area contributed by atoms with E-state index in [2.05, 4.69) is 67.7 Å². The van der Waals surface area contributed by atoms with Gasteiger partial charge in [0.25, 0.3) is 0 Å². The molecule has 1 saturated heterocycles. The number of halogens is 4. The summed E-state index contributed by atoms with van der Waals surface area (Å²) >= 11 is 10.3. The van der Waals surface area contributed by atoms with Crippen LogP contribution in [0.25, 0.3) is 55.4 Å². The molecule has 0 unspecified atom stereocenters. The molecule has 1 aliphatic rings. The van der Waals surface area contributed by atoms with E-state index in [0.29, 0.717) is 27.3 Å². The summed E-state index contributed by atoms with van der Waals surface area (Å²) < 4.78 is 70.2. The van der Waals surface area contributed by atoms with Crippen LogP contribution in [-0.4, -0.2) is 38.3 Å². The summed E-state index contributed by atoms with van der Waals surface area (Å²) in [5.41, 5.74) is 4.64. The monoisotopic (exact) mass is 923 g/mol. The maximum atomic E-state index is 7.44. The van der Waals surface area contributed by atoms with Gasteiger partial charge in [0.05, 0.1) is 16.9 Å². The Morgan fingerprint density at radius 3 is 1.70 bits per heavy atom. The van der Waals surface area contributed by atoms with Crippen LogP contribution in [0.1, 0.15) is 54.5 Å². The van der Waals surface area contributed by atoms with Gasteiger partial charge in [0.1, 0.15) is 15.8 Å². The van der Waals surface area contributed by atoms with Crippen molar-refractivity contribution in [1.82, 2.24) is 19.9 Å². The summed E-state index contributed by atoms with van der Waals surface area (Å²) in [6.45, 7) is 3.97. The van der Waals surface area contributed by atoms with E-state index >= 15 is 0 Å². The molecule has 0 radical (unpaired) electrons. The van der Waals surface area contributed by atoms with Crippen molar-refractivity contribution in [2.45, 2.75) is 60.0 Å². The van der Waals surface area contributed by atoms with Crippen LogP contribution in [0.2, 0.25) is 0 Å². The third kappa shape index (κ3) is 8.02. The van der Waals surface area contributed by atoms with Gasteiger partial charge in [-0.1, -0.05) is 57.5 Å². The lowest BCUT2D eigenvalue weighted by Crippen LogP contribution is -3.00. The second-order valence-electron chi connectivity index (χ2n) is 12.9. The first-order chi connectivity index (χ1) is 27.2. The molecule has 1 aliphatic heterocycles. The normalized spacial score (nSPS) is 16.3. The molecule has 6 aromatic heterocycles. The molecule has 0 amide bonds. The van der Waals surface area contributed by atoms with E-state index in [-0.39, 0.29) is 34.5 Å². The van der Waals surface area contributed by atoms with Crippen LogP contribution in [0.15, 0.2) is 120 Å². The lowest BCUT2D eigenvalue weighted by Gasteiger charge is -2.32. The van der Waals surface area contributed by atoms with E-state index in [1.54, 1.807) is 30.6 Å². The molecule has 2 aromatic carbocycles. The van der Waals surface area contributed by atoms with Crippen molar-refractivity contribution in [3.63, 3.8) is 0 Å². The van der Waals surface area contributed by atoms with Gasteiger partial charge in [-0.2, -0.15) is 0 Å². The molecular formula is C41H38BBr3FN4O4-. The molecule has 0 spiro atoms. The fourth-order valence-corrected chi connectivity index (χ4v) is 6.94. The van der Waals surface area contributed by atoms with Crippen molar-refractivity contribution < 1.29 is 31.1 Å². The van der Waals surface area contributed by atoms with Crippen molar-refractivity contribution in [3.05, 3.63) is 122 Å². The zero-order chi connectivity index (χ0) is 41.8. The number of hydrogen-bond donors (Lipinski definition) is 0. The number of rotatable bonds is 2. The van der Waals surface area contributed by atoms with Crippen LogP contribution in [0.5, 0.6) is 0 Å². The molecule has 0 bridgehead atoms. The van der Waals surface area contributed by atoms with Gasteiger partial charge in [0.2, 0.25) is 11.4 Å². The summed E-state index contributed by atoms with van der Waals surface area (Å²) in [4.78, 5) is 16.7. The second kappa shape index (κ2) is 16.4. The Morgan fingerprint density at radius 2 is 1.17 bits per heavy atom. The first-order valence-corrected chi connectivity index (χ1v) is 18.5. The SMILES string of the molecule is C.CC1(C)OB(c2ccc(Br)c3c2oc2ncccc23)OC1(C)C.[2H]C([2H])([2H])c1ccc(-c2ccc(Br)c3c2oc2ncccc23)nc1.[2H]C([2H])([2H])c1ccc(Br)nc1.[F-]. The Bertz CT molecular complexity index is 2770. The zero-order valence-corrected chi connectivity index (χ0v) is 33.5. The molecule has 1 fully saturated rings. The minimum atomic E-state index is -2.16. The van der Waals surface area contributed by atoms with Crippen molar-refractivity contribution in [1.29, 1.82) is 0 Å². The summed E-state index contributed by atoms with van der Waals surface area (Å²) in [6, 6.07) is 22.0. The van der Waals surface area contributed by atoms with Crippen LogP contribution in [0.3, 0.4) is 0 Å². The molecule has 8 nitrogen and oxygen atoms in total. The number of benzene rings is 2. The van der Waals surface area contributed by atoms with Crippen molar-refractivity contribution in [2.75, 3.05) is 0 Å². The smallest absolute Gasteiger partial charge is 0.498 e. The number of fused-ring (bicyclic) bond motifs is 6. The zero-order valence-electron chi connectivity index (χ0n) is 34.7. The molecule has 0 saturated carbocycles. The van der Waals surface area contributed by atoms with E-state index in [4.69, 9.17) is 26.4 Å². The molecule has 0 aliphatic carbocycles. The summed E-state index contributed by atoms with van der Waals surface area (Å²) in [7, 11) is -0.462. The second-order valence-corrected chi connectivity index (χ2v) is 15.5. The maximum absolute atomic E-state index is 7.44. The van der Waals surface area contributed by atoms with Gasteiger partial charge in [-0.3, -0.25) is 4.98 Å². The predicted molar refractivity (Wildman–Crippen MR) is 226 cm³/mol. The first kappa shape index (κ1) is 33.3. The summed E-state index contributed by atoms with van der Waals surface area (Å²) in [5.74, 6) is 0. The molecule has 8 aromatic rings.